The van der Waals surface area contributed by atoms with Crippen molar-refractivity contribution in [1.82, 2.24) is 0 Å². The normalized spacial score (nSPS) is 24.1. The molecule has 1 N–H and O–H groups in total. The molecule has 1 aliphatic carbocycles. The van der Waals surface area contributed by atoms with Gasteiger partial charge in [0.05, 0.1) is 6.61 Å². The average Bonchev–Trinajstić information content (AvgIpc) is 2.97. The summed E-state index contributed by atoms with van der Waals surface area (Å²) in [5.74, 6) is -0.892. The quantitative estimate of drug-likeness (QED) is 0.596. The highest BCUT2D eigenvalue weighted by Gasteiger charge is 2.43. The molecule has 1 aliphatic heterocycles. The second kappa shape index (κ2) is 7.02. The molecule has 2 rings (SSSR count). The van der Waals surface area contributed by atoms with Crippen LogP contribution in [0.4, 0.5) is 0 Å². The Hall–Kier alpha value is -1.43. The summed E-state index contributed by atoms with van der Waals surface area (Å²) in [7, 11) is 0. The van der Waals surface area contributed by atoms with Gasteiger partial charge in [-0.05, 0) is 19.3 Å². The molecule has 0 aromatic rings. The lowest BCUT2D eigenvalue weighted by Gasteiger charge is -2.29. The standard InChI is InChI=1S/C15H23NO5/c1-2-3-9-20-14(18)12-10-11(16-21-12)13(17)15(19)7-5-4-6-8-15/h12,19H,2-10H2,1H3. The zero-order valence-electron chi connectivity index (χ0n) is 12.5. The zero-order chi connectivity index (χ0) is 15.3. The molecule has 1 unspecified atom stereocenters. The molecule has 0 amide bonds. The fourth-order valence-corrected chi connectivity index (χ4v) is 2.68. The number of carbonyl (C=O) groups excluding carboxylic acids is 2. The number of hydrogen-bond donors (Lipinski definition) is 1. The van der Waals surface area contributed by atoms with Gasteiger partial charge in [0.15, 0.2) is 0 Å². The van der Waals surface area contributed by atoms with Crippen molar-refractivity contribution in [2.75, 3.05) is 6.61 Å². The molecule has 0 bridgehead atoms. The summed E-state index contributed by atoms with van der Waals surface area (Å²) < 4.78 is 5.05. The van der Waals surface area contributed by atoms with Crippen LogP contribution in [0, 0.1) is 0 Å². The third-order valence-electron chi connectivity index (χ3n) is 4.04. The monoisotopic (exact) mass is 297 g/mol. The van der Waals surface area contributed by atoms with Crippen molar-refractivity contribution in [3.8, 4) is 0 Å². The van der Waals surface area contributed by atoms with E-state index < -0.39 is 23.5 Å². The summed E-state index contributed by atoms with van der Waals surface area (Å²) in [6.45, 7) is 2.35. The summed E-state index contributed by atoms with van der Waals surface area (Å²) in [4.78, 5) is 29.1. The Bertz CT molecular complexity index is 426. The highest BCUT2D eigenvalue weighted by atomic mass is 16.7. The summed E-state index contributed by atoms with van der Waals surface area (Å²) in [6.07, 6.45) is 4.58. The predicted molar refractivity (Wildman–Crippen MR) is 75.8 cm³/mol. The molecule has 0 aromatic carbocycles. The van der Waals surface area contributed by atoms with E-state index in [1.807, 2.05) is 6.92 Å². The Morgan fingerprint density at radius 1 is 1.38 bits per heavy atom. The Labute approximate surface area is 124 Å². The van der Waals surface area contributed by atoms with Crippen LogP contribution in [0.3, 0.4) is 0 Å². The molecule has 0 aromatic heterocycles. The van der Waals surface area contributed by atoms with Crippen molar-refractivity contribution in [2.24, 2.45) is 5.16 Å². The molecule has 0 spiro atoms. The third kappa shape index (κ3) is 3.81. The molecule has 1 atom stereocenters. The molecule has 118 valence electrons. The van der Waals surface area contributed by atoms with Crippen LogP contribution in [0.15, 0.2) is 5.16 Å². The second-order valence-electron chi connectivity index (χ2n) is 5.78. The minimum atomic E-state index is -1.33. The molecule has 2 aliphatic rings. The Morgan fingerprint density at radius 3 is 2.76 bits per heavy atom. The largest absolute Gasteiger partial charge is 0.463 e. The fraction of sp³-hybridized carbons (Fsp3) is 0.800. The van der Waals surface area contributed by atoms with Crippen molar-refractivity contribution in [2.45, 2.75) is 70.0 Å². The highest BCUT2D eigenvalue weighted by Crippen LogP contribution is 2.30. The molecule has 1 fully saturated rings. The van der Waals surface area contributed by atoms with Gasteiger partial charge < -0.3 is 14.7 Å². The number of carbonyl (C=O) groups is 2. The number of ketones is 1. The average molecular weight is 297 g/mol. The lowest BCUT2D eigenvalue weighted by Crippen LogP contribution is -2.44. The number of Topliss-reactive ketones (excluding diaryl/α,β-unsaturated/α-hetero) is 1. The maximum Gasteiger partial charge on any atom is 0.350 e. The molecule has 21 heavy (non-hydrogen) atoms. The third-order valence-corrected chi connectivity index (χ3v) is 4.04. The summed E-state index contributed by atoms with van der Waals surface area (Å²) in [6, 6.07) is 0. The molecule has 1 saturated carbocycles. The van der Waals surface area contributed by atoms with E-state index in [9.17, 15) is 14.7 Å². The Balaban J connectivity index is 1.86. The van der Waals surface area contributed by atoms with Crippen molar-refractivity contribution in [1.29, 1.82) is 0 Å². The minimum absolute atomic E-state index is 0.0894. The van der Waals surface area contributed by atoms with E-state index in [0.29, 0.717) is 19.4 Å². The zero-order valence-corrected chi connectivity index (χ0v) is 12.5. The van der Waals surface area contributed by atoms with Crippen LogP contribution in [0.25, 0.3) is 0 Å². The molecular weight excluding hydrogens is 274 g/mol. The lowest BCUT2D eigenvalue weighted by molar-refractivity contribution is -0.155. The van der Waals surface area contributed by atoms with Gasteiger partial charge in [0.2, 0.25) is 11.9 Å². The number of oxime groups is 1. The first kappa shape index (κ1) is 15.9. The summed E-state index contributed by atoms with van der Waals surface area (Å²) in [5.41, 5.74) is -1.18. The van der Waals surface area contributed by atoms with Gasteiger partial charge in [-0.3, -0.25) is 4.79 Å². The van der Waals surface area contributed by atoms with Crippen LogP contribution in [0.5, 0.6) is 0 Å². The number of unbranched alkanes of at least 4 members (excludes halogenated alkanes) is 1. The van der Waals surface area contributed by atoms with Crippen molar-refractivity contribution < 1.29 is 24.3 Å². The van der Waals surface area contributed by atoms with Gasteiger partial charge in [-0.15, -0.1) is 0 Å². The Kier molecular flexibility index (Phi) is 5.33. The first-order valence-electron chi connectivity index (χ1n) is 7.73. The van der Waals surface area contributed by atoms with Gasteiger partial charge in [0.25, 0.3) is 0 Å². The summed E-state index contributed by atoms with van der Waals surface area (Å²) >= 11 is 0. The summed E-state index contributed by atoms with van der Waals surface area (Å²) in [5, 5.41) is 14.1. The molecule has 6 heteroatoms. The van der Waals surface area contributed by atoms with Crippen LogP contribution in [0.1, 0.15) is 58.3 Å². The van der Waals surface area contributed by atoms with Gasteiger partial charge in [0, 0.05) is 6.42 Å². The van der Waals surface area contributed by atoms with E-state index in [0.717, 1.165) is 32.1 Å². The number of esters is 1. The van der Waals surface area contributed by atoms with Crippen LogP contribution in [0.2, 0.25) is 0 Å². The molecule has 0 saturated heterocycles. The van der Waals surface area contributed by atoms with Crippen molar-refractivity contribution >= 4 is 17.5 Å². The van der Waals surface area contributed by atoms with E-state index in [1.54, 1.807) is 0 Å². The van der Waals surface area contributed by atoms with Crippen molar-refractivity contribution in [3.63, 3.8) is 0 Å². The molecule has 6 nitrogen and oxygen atoms in total. The van der Waals surface area contributed by atoms with E-state index in [-0.39, 0.29) is 12.1 Å². The lowest BCUT2D eigenvalue weighted by atomic mass is 9.79. The minimum Gasteiger partial charge on any atom is -0.463 e. The van der Waals surface area contributed by atoms with Gasteiger partial charge in [-0.2, -0.15) is 0 Å². The molecular formula is C15H23NO5. The number of rotatable bonds is 6. The maximum atomic E-state index is 12.3. The van der Waals surface area contributed by atoms with Gasteiger partial charge in [-0.25, -0.2) is 4.79 Å². The van der Waals surface area contributed by atoms with E-state index >= 15 is 0 Å². The SMILES string of the molecule is CCCCOC(=O)C1CC(C(=O)C2(O)CCCCC2)=NO1. The van der Waals surface area contributed by atoms with Gasteiger partial charge >= 0.3 is 5.97 Å². The van der Waals surface area contributed by atoms with Gasteiger partial charge in [-0.1, -0.05) is 37.8 Å². The first-order valence-corrected chi connectivity index (χ1v) is 7.73. The van der Waals surface area contributed by atoms with E-state index in [2.05, 4.69) is 5.16 Å². The molecule has 1 heterocycles. The van der Waals surface area contributed by atoms with Crippen LogP contribution < -0.4 is 0 Å². The molecule has 0 radical (unpaired) electrons. The van der Waals surface area contributed by atoms with Crippen molar-refractivity contribution in [3.05, 3.63) is 0 Å². The van der Waals surface area contributed by atoms with Gasteiger partial charge in [0.1, 0.15) is 11.3 Å². The maximum absolute atomic E-state index is 12.3. The number of aliphatic hydroxyl groups is 1. The smallest absolute Gasteiger partial charge is 0.350 e. The second-order valence-corrected chi connectivity index (χ2v) is 5.78. The fourth-order valence-electron chi connectivity index (χ4n) is 2.68. The van der Waals surface area contributed by atoms with E-state index in [4.69, 9.17) is 9.57 Å². The van der Waals surface area contributed by atoms with Crippen LogP contribution in [-0.2, 0) is 19.2 Å². The topological polar surface area (TPSA) is 85.2 Å². The highest BCUT2D eigenvalue weighted by molar-refractivity contribution is 6.43. The van der Waals surface area contributed by atoms with E-state index in [1.165, 1.54) is 0 Å². The number of ether oxygens (including phenoxy) is 1. The first-order chi connectivity index (χ1) is 10.1. The van der Waals surface area contributed by atoms with Crippen LogP contribution >= 0.6 is 0 Å². The van der Waals surface area contributed by atoms with Crippen LogP contribution in [-0.4, -0.2) is 40.9 Å². The number of hydrogen-bond acceptors (Lipinski definition) is 6. The Morgan fingerprint density at radius 2 is 2.10 bits per heavy atom. The predicted octanol–water partition coefficient (Wildman–Crippen LogP) is 1.74. The number of nitrogens with zero attached hydrogens (tertiary/aromatic N) is 1.